The molecule has 0 bridgehead atoms. The molecule has 9 heteroatoms. The van der Waals surface area contributed by atoms with Gasteiger partial charge in [-0.15, -0.1) is 11.3 Å². The molecule has 6 nitrogen and oxygen atoms in total. The van der Waals surface area contributed by atoms with E-state index >= 15 is 0 Å². The number of thiophene rings is 1. The van der Waals surface area contributed by atoms with Crippen molar-refractivity contribution < 1.29 is 18.8 Å². The van der Waals surface area contributed by atoms with Crippen LogP contribution in [0.2, 0.25) is 5.02 Å². The second-order valence-electron chi connectivity index (χ2n) is 9.43. The molecule has 2 aromatic heterocycles. The van der Waals surface area contributed by atoms with Crippen molar-refractivity contribution in [1.29, 1.82) is 0 Å². The molecular formula is C30H25ClFN3O3S. The lowest BCUT2D eigenvalue weighted by molar-refractivity contribution is -0.126. The molecule has 2 amide bonds. The maximum atomic E-state index is 14.1. The normalized spacial score (nSPS) is 20.5. The molecule has 1 N–H and O–H groups in total. The fourth-order valence-corrected chi connectivity index (χ4v) is 6.33. The van der Waals surface area contributed by atoms with Gasteiger partial charge in [-0.1, -0.05) is 48.9 Å². The Labute approximate surface area is 234 Å². The zero-order valence-corrected chi connectivity index (χ0v) is 22.5. The largest absolute Gasteiger partial charge is 0.350 e. The number of benzene rings is 2. The molecule has 0 spiro atoms. The number of ketones is 1. The van der Waals surface area contributed by atoms with E-state index in [0.29, 0.717) is 21.7 Å². The average Bonchev–Trinajstić information content (AvgIpc) is 3.59. The molecule has 1 aliphatic heterocycles. The van der Waals surface area contributed by atoms with Gasteiger partial charge in [0.05, 0.1) is 22.5 Å². The molecule has 3 heterocycles. The standard InChI is InChI=1S/C30H25ClFN3O3S/c1-18-25(28(36)22-7-2-3-8-23(22)31)27(24-9-5-15-39-24)35(30(38)20-6-4-14-33-17-20)26(18)29(37)34-16-19-10-12-21(32)13-11-19/h2-15,17-18,25-27H,16H2,1H3,(H,34,37). The number of carbonyl (C=O) groups is 3. The van der Waals surface area contributed by atoms with Crippen LogP contribution >= 0.6 is 22.9 Å². The molecular weight excluding hydrogens is 537 g/mol. The van der Waals surface area contributed by atoms with E-state index in [1.165, 1.54) is 34.6 Å². The maximum Gasteiger partial charge on any atom is 0.256 e. The molecule has 4 atom stereocenters. The number of hydrogen-bond acceptors (Lipinski definition) is 5. The molecule has 39 heavy (non-hydrogen) atoms. The smallest absolute Gasteiger partial charge is 0.256 e. The average molecular weight is 562 g/mol. The lowest BCUT2D eigenvalue weighted by Crippen LogP contribution is -2.48. The van der Waals surface area contributed by atoms with Gasteiger partial charge in [0, 0.05) is 29.4 Å². The fraction of sp³-hybridized carbons (Fsp3) is 0.200. The summed E-state index contributed by atoms with van der Waals surface area (Å²) < 4.78 is 13.4. The summed E-state index contributed by atoms with van der Waals surface area (Å²) in [4.78, 5) is 48.3. The van der Waals surface area contributed by atoms with Crippen molar-refractivity contribution in [3.63, 3.8) is 0 Å². The highest BCUT2D eigenvalue weighted by Crippen LogP contribution is 2.48. The highest BCUT2D eigenvalue weighted by atomic mass is 35.5. The third kappa shape index (κ3) is 5.35. The molecule has 4 unspecified atom stereocenters. The Morgan fingerprint density at radius 2 is 1.79 bits per heavy atom. The topological polar surface area (TPSA) is 79.4 Å². The third-order valence-corrected chi connectivity index (χ3v) is 8.34. The SMILES string of the molecule is CC1C(C(=O)c2ccccc2Cl)C(c2cccs2)N(C(=O)c2cccnc2)C1C(=O)NCc1ccc(F)cc1. The van der Waals surface area contributed by atoms with Crippen LogP contribution in [0, 0.1) is 17.7 Å². The Morgan fingerprint density at radius 1 is 1.03 bits per heavy atom. The number of aromatic nitrogens is 1. The highest BCUT2D eigenvalue weighted by Gasteiger charge is 2.55. The van der Waals surface area contributed by atoms with Gasteiger partial charge in [0.25, 0.3) is 5.91 Å². The van der Waals surface area contributed by atoms with E-state index in [0.717, 1.165) is 4.88 Å². The van der Waals surface area contributed by atoms with E-state index in [4.69, 9.17) is 11.6 Å². The lowest BCUT2D eigenvalue weighted by atomic mass is 9.82. The molecule has 0 aliphatic carbocycles. The summed E-state index contributed by atoms with van der Waals surface area (Å²) in [5, 5.41) is 5.09. The van der Waals surface area contributed by atoms with Crippen LogP contribution in [-0.4, -0.2) is 33.5 Å². The molecule has 1 saturated heterocycles. The number of Topliss-reactive ketones (excluding diaryl/α,β-unsaturated/α-hetero) is 1. The summed E-state index contributed by atoms with van der Waals surface area (Å²) in [7, 11) is 0. The summed E-state index contributed by atoms with van der Waals surface area (Å²) in [6, 6.07) is 18.0. The molecule has 5 rings (SSSR count). The van der Waals surface area contributed by atoms with Gasteiger partial charge < -0.3 is 10.2 Å². The van der Waals surface area contributed by atoms with Crippen LogP contribution in [0.25, 0.3) is 0 Å². The van der Waals surface area contributed by atoms with Gasteiger partial charge in [0.15, 0.2) is 5.78 Å². The fourth-order valence-electron chi connectivity index (χ4n) is 5.23. The quantitative estimate of drug-likeness (QED) is 0.283. The highest BCUT2D eigenvalue weighted by molar-refractivity contribution is 7.10. The van der Waals surface area contributed by atoms with Crippen LogP contribution in [0.1, 0.15) is 44.1 Å². The summed E-state index contributed by atoms with van der Waals surface area (Å²) in [5.74, 6) is -2.68. The first-order chi connectivity index (χ1) is 18.9. The monoisotopic (exact) mass is 561 g/mol. The number of hydrogen-bond donors (Lipinski definition) is 1. The summed E-state index contributed by atoms with van der Waals surface area (Å²) in [5.41, 5.74) is 1.37. The predicted octanol–water partition coefficient (Wildman–Crippen LogP) is 5.95. The van der Waals surface area contributed by atoms with E-state index in [2.05, 4.69) is 10.3 Å². The number of halogens is 2. The number of nitrogens with one attached hydrogen (secondary N) is 1. The summed E-state index contributed by atoms with van der Waals surface area (Å²) in [6.45, 7) is 1.96. The van der Waals surface area contributed by atoms with Crippen molar-refractivity contribution in [1.82, 2.24) is 15.2 Å². The van der Waals surface area contributed by atoms with E-state index in [9.17, 15) is 18.8 Å². The van der Waals surface area contributed by atoms with Crippen LogP contribution < -0.4 is 5.32 Å². The van der Waals surface area contributed by atoms with E-state index in [-0.39, 0.29) is 18.1 Å². The summed E-state index contributed by atoms with van der Waals surface area (Å²) >= 11 is 7.85. The van der Waals surface area contributed by atoms with Gasteiger partial charge in [0.1, 0.15) is 11.9 Å². The molecule has 0 radical (unpaired) electrons. The minimum Gasteiger partial charge on any atom is -0.350 e. The number of carbonyl (C=O) groups excluding carboxylic acids is 3. The first kappa shape index (κ1) is 26.7. The van der Waals surface area contributed by atoms with E-state index in [1.54, 1.807) is 54.7 Å². The Bertz CT molecular complexity index is 1480. The maximum absolute atomic E-state index is 14.1. The van der Waals surface area contributed by atoms with Crippen LogP contribution in [-0.2, 0) is 11.3 Å². The van der Waals surface area contributed by atoms with Crippen molar-refractivity contribution in [2.75, 3.05) is 0 Å². The lowest BCUT2D eigenvalue weighted by Gasteiger charge is -2.30. The first-order valence-electron chi connectivity index (χ1n) is 12.4. The van der Waals surface area contributed by atoms with Gasteiger partial charge in [0.2, 0.25) is 5.91 Å². The number of likely N-dealkylation sites (tertiary alicyclic amines) is 1. The second kappa shape index (κ2) is 11.5. The Morgan fingerprint density at radius 3 is 2.46 bits per heavy atom. The Kier molecular flexibility index (Phi) is 7.86. The number of nitrogens with zero attached hydrogens (tertiary/aromatic N) is 2. The van der Waals surface area contributed by atoms with Crippen molar-refractivity contribution in [3.05, 3.63) is 123 Å². The Balaban J connectivity index is 1.57. The van der Waals surface area contributed by atoms with Crippen LogP contribution in [0.15, 0.2) is 90.6 Å². The van der Waals surface area contributed by atoms with E-state index < -0.39 is 35.7 Å². The van der Waals surface area contributed by atoms with Gasteiger partial charge in [-0.3, -0.25) is 19.4 Å². The van der Waals surface area contributed by atoms with Crippen LogP contribution in [0.3, 0.4) is 0 Å². The van der Waals surface area contributed by atoms with Gasteiger partial charge in [-0.25, -0.2) is 4.39 Å². The van der Waals surface area contributed by atoms with Crippen molar-refractivity contribution >= 4 is 40.5 Å². The van der Waals surface area contributed by atoms with Crippen molar-refractivity contribution in [2.24, 2.45) is 11.8 Å². The molecule has 1 fully saturated rings. The van der Waals surface area contributed by atoms with Gasteiger partial charge in [-0.05, 0) is 59.3 Å². The van der Waals surface area contributed by atoms with Crippen molar-refractivity contribution in [2.45, 2.75) is 25.6 Å². The number of pyridine rings is 1. The Hall–Kier alpha value is -3.88. The third-order valence-electron chi connectivity index (χ3n) is 7.07. The molecule has 198 valence electrons. The molecule has 4 aromatic rings. The predicted molar refractivity (Wildman–Crippen MR) is 148 cm³/mol. The van der Waals surface area contributed by atoms with Crippen LogP contribution in [0.5, 0.6) is 0 Å². The zero-order chi connectivity index (χ0) is 27.5. The molecule has 1 aliphatic rings. The molecule has 2 aromatic carbocycles. The first-order valence-corrected chi connectivity index (χ1v) is 13.7. The van der Waals surface area contributed by atoms with E-state index in [1.807, 2.05) is 24.4 Å². The minimum atomic E-state index is -0.957. The summed E-state index contributed by atoms with van der Waals surface area (Å²) in [6.07, 6.45) is 3.02. The second-order valence-corrected chi connectivity index (χ2v) is 10.8. The minimum absolute atomic E-state index is 0.143. The molecule has 0 saturated carbocycles. The number of amides is 2. The van der Waals surface area contributed by atoms with Gasteiger partial charge >= 0.3 is 0 Å². The van der Waals surface area contributed by atoms with Crippen molar-refractivity contribution in [3.8, 4) is 0 Å². The van der Waals surface area contributed by atoms with Crippen LogP contribution in [0.4, 0.5) is 4.39 Å². The number of rotatable bonds is 7. The van der Waals surface area contributed by atoms with Gasteiger partial charge in [-0.2, -0.15) is 0 Å². The zero-order valence-electron chi connectivity index (χ0n) is 21.0.